The molecule has 2 rings (SSSR count). The van der Waals surface area contributed by atoms with Crippen molar-refractivity contribution in [3.05, 3.63) is 35.2 Å². The van der Waals surface area contributed by atoms with E-state index in [0.29, 0.717) is 22.6 Å². The van der Waals surface area contributed by atoms with E-state index in [4.69, 9.17) is 15.4 Å². The van der Waals surface area contributed by atoms with Gasteiger partial charge in [0.1, 0.15) is 18.1 Å². The van der Waals surface area contributed by atoms with E-state index in [2.05, 4.69) is 10.3 Å². The number of benzene rings is 1. The Bertz CT molecular complexity index is 717. The SMILES string of the molecule is Cc1cc(S(=O)(=O)Cl)cc(C)c1OCc1cn(C)nn1. The molecule has 0 saturated carbocycles. The van der Waals surface area contributed by atoms with Gasteiger partial charge in [0.05, 0.1) is 11.1 Å². The predicted octanol–water partition coefficient (Wildman–Crippen LogP) is 1.94. The van der Waals surface area contributed by atoms with Crippen LogP contribution >= 0.6 is 10.7 Å². The molecule has 20 heavy (non-hydrogen) atoms. The van der Waals surface area contributed by atoms with Crippen LogP contribution in [0.1, 0.15) is 16.8 Å². The summed E-state index contributed by atoms with van der Waals surface area (Å²) < 4.78 is 29.9. The van der Waals surface area contributed by atoms with E-state index < -0.39 is 9.05 Å². The normalized spacial score (nSPS) is 11.6. The second-order valence-corrected chi connectivity index (χ2v) is 7.06. The minimum atomic E-state index is -3.74. The largest absolute Gasteiger partial charge is 0.487 e. The fourth-order valence-electron chi connectivity index (χ4n) is 1.89. The van der Waals surface area contributed by atoms with Crippen LogP contribution in [0.5, 0.6) is 5.75 Å². The number of nitrogens with zero attached hydrogens (tertiary/aromatic N) is 3. The zero-order valence-electron chi connectivity index (χ0n) is 11.3. The summed E-state index contributed by atoms with van der Waals surface area (Å²) in [6, 6.07) is 2.97. The van der Waals surface area contributed by atoms with Crippen molar-refractivity contribution in [1.82, 2.24) is 15.0 Å². The zero-order chi connectivity index (χ0) is 14.9. The maximum atomic E-state index is 11.3. The molecule has 0 bridgehead atoms. The number of halogens is 1. The van der Waals surface area contributed by atoms with Gasteiger partial charge in [0.2, 0.25) is 0 Å². The first kappa shape index (κ1) is 14.8. The Morgan fingerprint density at radius 1 is 1.30 bits per heavy atom. The third kappa shape index (κ3) is 3.29. The number of aryl methyl sites for hydroxylation is 3. The highest BCUT2D eigenvalue weighted by Gasteiger charge is 2.15. The summed E-state index contributed by atoms with van der Waals surface area (Å²) in [5, 5.41) is 7.73. The molecule has 0 fully saturated rings. The first-order chi connectivity index (χ1) is 9.27. The topological polar surface area (TPSA) is 74.1 Å². The molecule has 2 aromatic rings. The quantitative estimate of drug-likeness (QED) is 0.806. The Balaban J connectivity index is 2.25. The Hall–Kier alpha value is -1.60. The van der Waals surface area contributed by atoms with Crippen molar-refractivity contribution in [2.45, 2.75) is 25.3 Å². The van der Waals surface area contributed by atoms with Crippen LogP contribution in [0.2, 0.25) is 0 Å². The van der Waals surface area contributed by atoms with Crippen molar-refractivity contribution in [3.63, 3.8) is 0 Å². The Labute approximate surface area is 121 Å². The fraction of sp³-hybridized carbons (Fsp3) is 0.333. The molecule has 0 spiro atoms. The van der Waals surface area contributed by atoms with Gasteiger partial charge in [0, 0.05) is 17.7 Å². The van der Waals surface area contributed by atoms with E-state index in [9.17, 15) is 8.42 Å². The molecule has 0 N–H and O–H groups in total. The van der Waals surface area contributed by atoms with E-state index >= 15 is 0 Å². The van der Waals surface area contributed by atoms with Crippen LogP contribution in [0.25, 0.3) is 0 Å². The molecule has 8 heteroatoms. The Morgan fingerprint density at radius 3 is 2.35 bits per heavy atom. The average molecular weight is 316 g/mol. The van der Waals surface area contributed by atoms with Crippen molar-refractivity contribution in [2.75, 3.05) is 0 Å². The Kier molecular flexibility index (Phi) is 4.01. The molecule has 0 saturated heterocycles. The van der Waals surface area contributed by atoms with Gasteiger partial charge in [-0.1, -0.05) is 5.21 Å². The third-order valence-electron chi connectivity index (χ3n) is 2.73. The van der Waals surface area contributed by atoms with Crippen molar-refractivity contribution in [1.29, 1.82) is 0 Å². The molecule has 0 atom stereocenters. The van der Waals surface area contributed by atoms with Crippen molar-refractivity contribution in [3.8, 4) is 5.75 Å². The summed E-state index contributed by atoms with van der Waals surface area (Å²) >= 11 is 0. The number of ether oxygens (including phenoxy) is 1. The first-order valence-electron chi connectivity index (χ1n) is 5.81. The second-order valence-electron chi connectivity index (χ2n) is 4.50. The van der Waals surface area contributed by atoms with Gasteiger partial charge in [-0.2, -0.15) is 0 Å². The van der Waals surface area contributed by atoms with Gasteiger partial charge in [-0.3, -0.25) is 4.68 Å². The number of rotatable bonds is 4. The molecule has 0 unspecified atom stereocenters. The molecule has 0 aliphatic heterocycles. The van der Waals surface area contributed by atoms with Gasteiger partial charge < -0.3 is 4.74 Å². The van der Waals surface area contributed by atoms with E-state index in [1.54, 1.807) is 31.8 Å². The van der Waals surface area contributed by atoms with Gasteiger partial charge in [-0.25, -0.2) is 8.42 Å². The highest BCUT2D eigenvalue weighted by atomic mass is 35.7. The maximum Gasteiger partial charge on any atom is 0.261 e. The molecule has 6 nitrogen and oxygen atoms in total. The van der Waals surface area contributed by atoms with Crippen LogP contribution < -0.4 is 4.74 Å². The van der Waals surface area contributed by atoms with Gasteiger partial charge in [-0.15, -0.1) is 5.10 Å². The minimum Gasteiger partial charge on any atom is -0.487 e. The van der Waals surface area contributed by atoms with Crippen LogP contribution in [-0.2, 0) is 22.7 Å². The molecule has 1 aromatic carbocycles. The molecular weight excluding hydrogens is 302 g/mol. The lowest BCUT2D eigenvalue weighted by molar-refractivity contribution is 0.296. The van der Waals surface area contributed by atoms with Crippen LogP contribution in [0.15, 0.2) is 23.2 Å². The lowest BCUT2D eigenvalue weighted by Crippen LogP contribution is -2.01. The summed E-state index contributed by atoms with van der Waals surface area (Å²) in [4.78, 5) is 0.0704. The molecule has 0 aliphatic rings. The van der Waals surface area contributed by atoms with Crippen LogP contribution in [0.4, 0.5) is 0 Å². The summed E-state index contributed by atoms with van der Waals surface area (Å²) in [7, 11) is 3.37. The van der Waals surface area contributed by atoms with Gasteiger partial charge >= 0.3 is 0 Å². The van der Waals surface area contributed by atoms with Crippen LogP contribution in [0, 0.1) is 13.8 Å². The molecule has 1 heterocycles. The minimum absolute atomic E-state index is 0.0704. The zero-order valence-corrected chi connectivity index (χ0v) is 12.9. The van der Waals surface area contributed by atoms with Crippen molar-refractivity contribution >= 4 is 19.7 Å². The van der Waals surface area contributed by atoms with Gasteiger partial charge in [0.15, 0.2) is 0 Å². The first-order valence-corrected chi connectivity index (χ1v) is 8.12. The van der Waals surface area contributed by atoms with Crippen molar-refractivity contribution < 1.29 is 13.2 Å². The van der Waals surface area contributed by atoms with Gasteiger partial charge in [0.25, 0.3) is 9.05 Å². The van der Waals surface area contributed by atoms with E-state index in [-0.39, 0.29) is 11.5 Å². The van der Waals surface area contributed by atoms with Gasteiger partial charge in [-0.05, 0) is 37.1 Å². The lowest BCUT2D eigenvalue weighted by atomic mass is 10.1. The monoisotopic (exact) mass is 315 g/mol. The second kappa shape index (κ2) is 5.41. The number of aromatic nitrogens is 3. The maximum absolute atomic E-state index is 11.3. The predicted molar refractivity (Wildman–Crippen MR) is 74.3 cm³/mol. The summed E-state index contributed by atoms with van der Waals surface area (Å²) in [5.41, 5.74) is 2.10. The molecule has 0 amide bonds. The lowest BCUT2D eigenvalue weighted by Gasteiger charge is -2.12. The third-order valence-corrected chi connectivity index (χ3v) is 4.06. The number of hydrogen-bond acceptors (Lipinski definition) is 5. The molecule has 0 aliphatic carbocycles. The highest BCUT2D eigenvalue weighted by Crippen LogP contribution is 2.28. The van der Waals surface area contributed by atoms with E-state index in [1.807, 2.05) is 0 Å². The summed E-state index contributed by atoms with van der Waals surface area (Å²) in [6.07, 6.45) is 1.75. The Morgan fingerprint density at radius 2 is 1.90 bits per heavy atom. The molecular formula is C12H14ClN3O3S. The van der Waals surface area contributed by atoms with E-state index in [1.165, 1.54) is 12.1 Å². The smallest absolute Gasteiger partial charge is 0.261 e. The van der Waals surface area contributed by atoms with Crippen LogP contribution in [0.3, 0.4) is 0 Å². The van der Waals surface area contributed by atoms with Crippen LogP contribution in [-0.4, -0.2) is 23.4 Å². The summed E-state index contributed by atoms with van der Waals surface area (Å²) in [5.74, 6) is 0.625. The highest BCUT2D eigenvalue weighted by molar-refractivity contribution is 8.13. The van der Waals surface area contributed by atoms with Crippen molar-refractivity contribution in [2.24, 2.45) is 7.05 Å². The molecule has 0 radical (unpaired) electrons. The average Bonchev–Trinajstić information content (AvgIpc) is 2.72. The molecule has 108 valence electrons. The summed E-state index contributed by atoms with van der Waals surface area (Å²) in [6.45, 7) is 3.80. The van der Waals surface area contributed by atoms with E-state index in [0.717, 1.165) is 0 Å². The standard InChI is InChI=1S/C12H14ClN3O3S/c1-8-4-11(20(13,17)18)5-9(2)12(8)19-7-10-6-16(3)15-14-10/h4-6H,7H2,1-3H3. The number of hydrogen-bond donors (Lipinski definition) is 0. The molecule has 1 aromatic heterocycles. The fourth-order valence-corrected chi connectivity index (χ4v) is 2.79.